The van der Waals surface area contributed by atoms with Gasteiger partial charge in [-0.25, -0.2) is 14.8 Å². The highest BCUT2D eigenvalue weighted by Crippen LogP contribution is 2.11. The van der Waals surface area contributed by atoms with Gasteiger partial charge >= 0.3 is 5.97 Å². The third-order valence-electron chi connectivity index (χ3n) is 0.984. The fourth-order valence-electron chi connectivity index (χ4n) is 0.555. The minimum atomic E-state index is -0.633. The molecular weight excluding hydrogens is 222 g/mol. The number of aromatic nitrogens is 2. The molecule has 12 heavy (non-hydrogen) atoms. The molecule has 1 unspecified atom stereocenters. The summed E-state index contributed by atoms with van der Waals surface area (Å²) in [5, 5.41) is 0.00769. The van der Waals surface area contributed by atoms with Crippen LogP contribution in [0, 0.1) is 0 Å². The van der Waals surface area contributed by atoms with Crippen molar-refractivity contribution >= 4 is 38.6 Å². The van der Waals surface area contributed by atoms with Gasteiger partial charge in [-0.1, -0.05) is 11.6 Å². The monoisotopic (exact) mass is 224 g/mol. The zero-order chi connectivity index (χ0) is 9.14. The molecule has 1 heterocycles. The molecule has 1 aromatic heterocycles. The second kappa shape index (κ2) is 3.99. The van der Waals surface area contributed by atoms with Gasteiger partial charge < -0.3 is 4.52 Å². The molecule has 0 bridgehead atoms. The van der Waals surface area contributed by atoms with E-state index in [9.17, 15) is 4.79 Å². The maximum absolute atomic E-state index is 10.9. The molecule has 64 valence electrons. The van der Waals surface area contributed by atoms with Crippen LogP contribution < -0.4 is 0 Å². The predicted molar refractivity (Wildman–Crippen MR) is 47.2 cm³/mol. The fraction of sp³-hybridized carbons (Fsp3) is 0. The van der Waals surface area contributed by atoms with Crippen LogP contribution in [-0.4, -0.2) is 15.9 Å². The topological polar surface area (TPSA) is 52.1 Å². The first-order chi connectivity index (χ1) is 5.63. The average molecular weight is 225 g/mol. The van der Waals surface area contributed by atoms with E-state index in [2.05, 4.69) is 14.5 Å². The summed E-state index contributed by atoms with van der Waals surface area (Å²) in [6, 6.07) is 1.26. The Labute approximate surface area is 80.5 Å². The smallest absolute Gasteiger partial charge is 0.359 e. The normalized spacial score (nSPS) is 9.58. The molecule has 0 aliphatic carbocycles. The summed E-state index contributed by atoms with van der Waals surface area (Å²) in [5.41, 5.74) is 0.0231. The van der Waals surface area contributed by atoms with Crippen molar-refractivity contribution in [1.29, 1.82) is 0 Å². The molecule has 0 radical (unpaired) electrons. The summed E-state index contributed by atoms with van der Waals surface area (Å²) in [4.78, 5) is 18.0. The van der Waals surface area contributed by atoms with E-state index in [1.807, 2.05) is 0 Å². The number of hydrogen-bond acceptors (Lipinski definition) is 4. The molecule has 0 aliphatic rings. The zero-order valence-corrected chi connectivity index (χ0v) is 8.29. The van der Waals surface area contributed by atoms with Gasteiger partial charge in [0.05, 0.1) is 9.47 Å². The largest absolute Gasteiger partial charge is 0.447 e. The molecule has 4 nitrogen and oxygen atoms in total. The van der Waals surface area contributed by atoms with Crippen molar-refractivity contribution < 1.29 is 9.32 Å². The van der Waals surface area contributed by atoms with Crippen molar-refractivity contribution in [2.75, 3.05) is 0 Å². The summed E-state index contributed by atoms with van der Waals surface area (Å²) in [5.74, 6) is -0.633. The van der Waals surface area contributed by atoms with E-state index in [0.29, 0.717) is 0 Å². The Morgan fingerprint density at radius 2 is 2.17 bits per heavy atom. The van der Waals surface area contributed by atoms with Crippen LogP contribution in [0.4, 0.5) is 0 Å². The predicted octanol–water partition coefficient (Wildman–Crippen LogP) is 1.73. The highest BCUT2D eigenvalue weighted by Gasteiger charge is 2.09. The van der Waals surface area contributed by atoms with Crippen LogP contribution in [0.25, 0.3) is 0 Å². The van der Waals surface area contributed by atoms with Gasteiger partial charge in [-0.3, -0.25) is 0 Å². The van der Waals surface area contributed by atoms with Crippen molar-refractivity contribution in [3.8, 4) is 0 Å². The number of rotatable bonds is 1. The standard InChI is InChI=1S/C5H3Cl2N2O2P/c6-3-1-2(4(10)11-12)8-5(7)9-3/h1H,12H2. The van der Waals surface area contributed by atoms with E-state index >= 15 is 0 Å². The van der Waals surface area contributed by atoms with Crippen molar-refractivity contribution in [3.63, 3.8) is 0 Å². The van der Waals surface area contributed by atoms with Gasteiger partial charge in [-0.15, -0.1) is 0 Å². The molecule has 0 saturated heterocycles. The first-order valence-electron chi connectivity index (χ1n) is 2.74. The van der Waals surface area contributed by atoms with Gasteiger partial charge in [0.25, 0.3) is 0 Å². The highest BCUT2D eigenvalue weighted by molar-refractivity contribution is 7.10. The number of hydrogen-bond donors (Lipinski definition) is 0. The lowest BCUT2D eigenvalue weighted by molar-refractivity contribution is 0.0759. The molecule has 0 spiro atoms. The SMILES string of the molecule is O=C(OP)c1cc(Cl)nc(Cl)n1. The second-order valence-electron chi connectivity index (χ2n) is 1.75. The molecule has 1 atom stereocenters. The highest BCUT2D eigenvalue weighted by atomic mass is 35.5. The summed E-state index contributed by atoms with van der Waals surface area (Å²) in [6.07, 6.45) is 0. The van der Waals surface area contributed by atoms with Gasteiger partial charge in [0.1, 0.15) is 5.15 Å². The van der Waals surface area contributed by atoms with Crippen LogP contribution in [-0.2, 0) is 4.52 Å². The van der Waals surface area contributed by atoms with Gasteiger partial charge in [0.15, 0.2) is 5.69 Å². The van der Waals surface area contributed by atoms with E-state index in [4.69, 9.17) is 23.2 Å². The molecule has 0 fully saturated rings. The third-order valence-corrected chi connectivity index (χ3v) is 1.56. The Morgan fingerprint density at radius 1 is 1.50 bits per heavy atom. The van der Waals surface area contributed by atoms with Crippen LogP contribution in [0.1, 0.15) is 10.5 Å². The Morgan fingerprint density at radius 3 is 2.67 bits per heavy atom. The molecule has 0 aliphatic heterocycles. The first kappa shape index (κ1) is 9.65. The maximum Gasteiger partial charge on any atom is 0.359 e. The minimum absolute atomic E-state index is 0.0231. The second-order valence-corrected chi connectivity index (χ2v) is 2.71. The molecule has 1 rings (SSSR count). The quantitative estimate of drug-likeness (QED) is 0.414. The van der Waals surface area contributed by atoms with Crippen LogP contribution in [0.2, 0.25) is 10.4 Å². The van der Waals surface area contributed by atoms with Gasteiger partial charge in [-0.2, -0.15) is 0 Å². The van der Waals surface area contributed by atoms with E-state index in [0.717, 1.165) is 0 Å². The molecule has 0 aromatic carbocycles. The van der Waals surface area contributed by atoms with Crippen molar-refractivity contribution in [1.82, 2.24) is 9.97 Å². The lowest BCUT2D eigenvalue weighted by Crippen LogP contribution is -2.02. The fourth-order valence-corrected chi connectivity index (χ4v) is 1.08. The molecule has 0 N–H and O–H groups in total. The lowest BCUT2D eigenvalue weighted by atomic mass is 10.4. The number of carbonyl (C=O) groups excluding carboxylic acids is 1. The Balaban J connectivity index is 3.08. The summed E-state index contributed by atoms with van der Waals surface area (Å²) < 4.78 is 4.32. The number of halogens is 2. The lowest BCUT2D eigenvalue weighted by Gasteiger charge is -1.97. The summed E-state index contributed by atoms with van der Waals surface area (Å²) >= 11 is 10.9. The van der Waals surface area contributed by atoms with Crippen molar-refractivity contribution in [3.05, 3.63) is 22.2 Å². The molecule has 7 heteroatoms. The Bertz CT molecular complexity index is 300. The third kappa shape index (κ3) is 2.27. The van der Waals surface area contributed by atoms with E-state index < -0.39 is 5.97 Å². The zero-order valence-electron chi connectivity index (χ0n) is 5.62. The number of nitrogens with zero attached hydrogens (tertiary/aromatic N) is 2. The van der Waals surface area contributed by atoms with E-state index in [1.54, 1.807) is 9.47 Å². The van der Waals surface area contributed by atoms with Crippen molar-refractivity contribution in [2.24, 2.45) is 0 Å². The van der Waals surface area contributed by atoms with E-state index in [-0.39, 0.29) is 16.1 Å². The average Bonchev–Trinajstić information content (AvgIpc) is 2.01. The first-order valence-corrected chi connectivity index (χ1v) is 3.97. The molecular formula is C5H3Cl2N2O2P. The van der Waals surface area contributed by atoms with Crippen molar-refractivity contribution in [2.45, 2.75) is 0 Å². The molecule has 0 saturated carbocycles. The van der Waals surface area contributed by atoms with Crippen LogP contribution in [0.15, 0.2) is 6.07 Å². The van der Waals surface area contributed by atoms with Gasteiger partial charge in [-0.05, 0) is 11.6 Å². The van der Waals surface area contributed by atoms with Crippen LogP contribution >= 0.6 is 32.7 Å². The maximum atomic E-state index is 10.9. The number of carbonyl (C=O) groups is 1. The van der Waals surface area contributed by atoms with E-state index in [1.165, 1.54) is 6.07 Å². The summed E-state index contributed by atoms with van der Waals surface area (Å²) in [6.45, 7) is 0. The molecule has 0 amide bonds. The summed E-state index contributed by atoms with van der Waals surface area (Å²) in [7, 11) is 1.80. The minimum Gasteiger partial charge on any atom is -0.447 e. The van der Waals surface area contributed by atoms with Gasteiger partial charge in [0, 0.05) is 6.07 Å². The van der Waals surface area contributed by atoms with Gasteiger partial charge in [0.2, 0.25) is 5.28 Å². The Kier molecular flexibility index (Phi) is 3.20. The van der Waals surface area contributed by atoms with Crippen LogP contribution in [0.3, 0.4) is 0 Å². The van der Waals surface area contributed by atoms with Crippen LogP contribution in [0.5, 0.6) is 0 Å². The molecule has 1 aromatic rings. The Hall–Kier alpha value is -0.440.